The van der Waals surface area contributed by atoms with Crippen molar-refractivity contribution in [3.8, 4) is 0 Å². The SMILES string of the molecule is CCCCCNC(=O)C1CCC(C(=O)Nc2cccc(C(=O)OC)c2)CC1. The smallest absolute Gasteiger partial charge is 0.337 e. The molecule has 1 aromatic carbocycles. The Labute approximate surface area is 161 Å². The predicted octanol–water partition coefficient (Wildman–Crippen LogP) is 3.52. The van der Waals surface area contributed by atoms with Crippen molar-refractivity contribution in [2.45, 2.75) is 51.9 Å². The number of rotatable bonds is 8. The number of methoxy groups -OCH3 is 1. The van der Waals surface area contributed by atoms with Gasteiger partial charge in [0, 0.05) is 24.1 Å². The topological polar surface area (TPSA) is 84.5 Å². The molecule has 2 rings (SSSR count). The second-order valence-electron chi connectivity index (χ2n) is 7.11. The summed E-state index contributed by atoms with van der Waals surface area (Å²) >= 11 is 0. The van der Waals surface area contributed by atoms with Crippen LogP contribution in [-0.2, 0) is 14.3 Å². The zero-order valence-corrected chi connectivity index (χ0v) is 16.3. The van der Waals surface area contributed by atoms with Gasteiger partial charge in [-0.25, -0.2) is 4.79 Å². The largest absolute Gasteiger partial charge is 0.465 e. The number of unbranched alkanes of at least 4 members (excludes halogenated alkanes) is 2. The molecule has 0 atom stereocenters. The molecule has 1 fully saturated rings. The van der Waals surface area contributed by atoms with Gasteiger partial charge in [-0.05, 0) is 50.3 Å². The Morgan fingerprint density at radius 3 is 2.33 bits per heavy atom. The lowest BCUT2D eigenvalue weighted by atomic mass is 9.81. The molecule has 1 saturated carbocycles. The number of hydrogen-bond donors (Lipinski definition) is 2. The third kappa shape index (κ3) is 6.38. The molecule has 0 aliphatic heterocycles. The van der Waals surface area contributed by atoms with E-state index in [-0.39, 0.29) is 23.7 Å². The van der Waals surface area contributed by atoms with Crippen molar-refractivity contribution < 1.29 is 19.1 Å². The van der Waals surface area contributed by atoms with Crippen LogP contribution in [0.25, 0.3) is 0 Å². The Morgan fingerprint density at radius 2 is 1.70 bits per heavy atom. The molecule has 6 nitrogen and oxygen atoms in total. The minimum Gasteiger partial charge on any atom is -0.465 e. The molecule has 6 heteroatoms. The first kappa shape index (κ1) is 20.9. The van der Waals surface area contributed by atoms with Crippen LogP contribution in [0.4, 0.5) is 5.69 Å². The second-order valence-corrected chi connectivity index (χ2v) is 7.11. The first-order chi connectivity index (χ1) is 13.0. The van der Waals surface area contributed by atoms with E-state index in [1.165, 1.54) is 7.11 Å². The van der Waals surface area contributed by atoms with E-state index >= 15 is 0 Å². The number of carbonyl (C=O) groups excluding carboxylic acids is 3. The molecule has 148 valence electrons. The number of amides is 2. The lowest BCUT2D eigenvalue weighted by Gasteiger charge is -2.27. The van der Waals surface area contributed by atoms with E-state index in [1.54, 1.807) is 24.3 Å². The standard InChI is InChI=1S/C21H30N2O4/c1-3-4-5-13-22-19(24)15-9-11-16(12-10-15)20(25)23-18-8-6-7-17(14-18)21(26)27-2/h6-8,14-16H,3-5,9-13H2,1-2H3,(H,22,24)(H,23,25). The maximum atomic E-state index is 12.5. The maximum Gasteiger partial charge on any atom is 0.337 e. The number of esters is 1. The molecule has 27 heavy (non-hydrogen) atoms. The molecule has 0 heterocycles. The van der Waals surface area contributed by atoms with Crippen LogP contribution < -0.4 is 10.6 Å². The molecule has 1 aliphatic carbocycles. The van der Waals surface area contributed by atoms with Gasteiger partial charge in [0.2, 0.25) is 11.8 Å². The van der Waals surface area contributed by atoms with Crippen molar-refractivity contribution in [1.29, 1.82) is 0 Å². The lowest BCUT2D eigenvalue weighted by Crippen LogP contribution is -2.35. The number of anilines is 1. The Morgan fingerprint density at radius 1 is 1.04 bits per heavy atom. The fraction of sp³-hybridized carbons (Fsp3) is 0.571. The first-order valence-corrected chi connectivity index (χ1v) is 9.82. The number of nitrogens with one attached hydrogen (secondary N) is 2. The summed E-state index contributed by atoms with van der Waals surface area (Å²) in [7, 11) is 1.33. The fourth-order valence-corrected chi connectivity index (χ4v) is 3.43. The monoisotopic (exact) mass is 374 g/mol. The van der Waals surface area contributed by atoms with Crippen molar-refractivity contribution in [3.05, 3.63) is 29.8 Å². The molecular formula is C21H30N2O4. The quantitative estimate of drug-likeness (QED) is 0.538. The normalized spacial score (nSPS) is 19.2. The summed E-state index contributed by atoms with van der Waals surface area (Å²) in [5, 5.41) is 5.89. The molecular weight excluding hydrogens is 344 g/mol. The van der Waals surface area contributed by atoms with E-state index in [9.17, 15) is 14.4 Å². The number of benzene rings is 1. The van der Waals surface area contributed by atoms with E-state index in [1.807, 2.05) is 0 Å². The van der Waals surface area contributed by atoms with E-state index in [0.29, 0.717) is 24.1 Å². The van der Waals surface area contributed by atoms with Gasteiger partial charge in [-0.3, -0.25) is 9.59 Å². The van der Waals surface area contributed by atoms with Crippen LogP contribution >= 0.6 is 0 Å². The van der Waals surface area contributed by atoms with Gasteiger partial charge in [0.25, 0.3) is 0 Å². The summed E-state index contributed by atoms with van der Waals surface area (Å²) in [5.41, 5.74) is 0.984. The minimum absolute atomic E-state index is 0.0123. The molecule has 1 aromatic rings. The summed E-state index contributed by atoms with van der Waals surface area (Å²) in [6.45, 7) is 2.88. The fourth-order valence-electron chi connectivity index (χ4n) is 3.43. The molecule has 0 bridgehead atoms. The zero-order chi connectivity index (χ0) is 19.6. The number of hydrogen-bond acceptors (Lipinski definition) is 4. The third-order valence-corrected chi connectivity index (χ3v) is 5.10. The van der Waals surface area contributed by atoms with Gasteiger partial charge in [0.05, 0.1) is 12.7 Å². The number of carbonyl (C=O) groups is 3. The molecule has 0 saturated heterocycles. The summed E-state index contributed by atoms with van der Waals surface area (Å²) in [5.74, 6) is -0.458. The van der Waals surface area contributed by atoms with Crippen molar-refractivity contribution in [2.75, 3.05) is 19.0 Å². The van der Waals surface area contributed by atoms with Crippen LogP contribution in [0.2, 0.25) is 0 Å². The molecule has 1 aliphatic rings. The summed E-state index contributed by atoms with van der Waals surface area (Å²) < 4.78 is 4.70. The Balaban J connectivity index is 1.79. The highest BCUT2D eigenvalue weighted by atomic mass is 16.5. The van der Waals surface area contributed by atoms with Crippen molar-refractivity contribution in [2.24, 2.45) is 11.8 Å². The second kappa shape index (κ2) is 10.7. The predicted molar refractivity (Wildman–Crippen MR) is 104 cm³/mol. The van der Waals surface area contributed by atoms with Gasteiger partial charge >= 0.3 is 5.97 Å². The zero-order valence-electron chi connectivity index (χ0n) is 16.3. The van der Waals surface area contributed by atoms with E-state index < -0.39 is 5.97 Å². The van der Waals surface area contributed by atoms with Gasteiger partial charge in [0.1, 0.15) is 0 Å². The average Bonchev–Trinajstić information content (AvgIpc) is 2.70. The van der Waals surface area contributed by atoms with Gasteiger partial charge in [-0.15, -0.1) is 0 Å². The molecule has 0 aromatic heterocycles. The van der Waals surface area contributed by atoms with Gasteiger partial charge in [-0.2, -0.15) is 0 Å². The Bertz CT molecular complexity index is 651. The van der Waals surface area contributed by atoms with E-state index in [0.717, 1.165) is 38.6 Å². The van der Waals surface area contributed by atoms with Crippen LogP contribution in [0.15, 0.2) is 24.3 Å². The molecule has 2 N–H and O–H groups in total. The van der Waals surface area contributed by atoms with Crippen LogP contribution in [0.1, 0.15) is 62.2 Å². The maximum absolute atomic E-state index is 12.5. The van der Waals surface area contributed by atoms with Crippen molar-refractivity contribution in [1.82, 2.24) is 5.32 Å². The Kier molecular flexibility index (Phi) is 8.30. The van der Waals surface area contributed by atoms with Crippen LogP contribution in [0.5, 0.6) is 0 Å². The first-order valence-electron chi connectivity index (χ1n) is 9.82. The third-order valence-electron chi connectivity index (χ3n) is 5.10. The van der Waals surface area contributed by atoms with Crippen molar-refractivity contribution in [3.63, 3.8) is 0 Å². The van der Waals surface area contributed by atoms with Gasteiger partial charge in [0.15, 0.2) is 0 Å². The minimum atomic E-state index is -0.434. The van der Waals surface area contributed by atoms with Gasteiger partial charge < -0.3 is 15.4 Å². The molecule has 0 spiro atoms. The summed E-state index contributed by atoms with van der Waals surface area (Å²) in [4.78, 5) is 36.3. The summed E-state index contributed by atoms with van der Waals surface area (Å²) in [6, 6.07) is 6.71. The molecule has 0 unspecified atom stereocenters. The molecule has 0 radical (unpaired) electrons. The van der Waals surface area contributed by atoms with Gasteiger partial charge in [-0.1, -0.05) is 25.8 Å². The highest BCUT2D eigenvalue weighted by Crippen LogP contribution is 2.30. The summed E-state index contributed by atoms with van der Waals surface area (Å²) in [6.07, 6.45) is 6.17. The number of ether oxygens (including phenoxy) is 1. The van der Waals surface area contributed by atoms with Crippen LogP contribution in [0, 0.1) is 11.8 Å². The van der Waals surface area contributed by atoms with Crippen molar-refractivity contribution >= 4 is 23.5 Å². The van der Waals surface area contributed by atoms with E-state index in [4.69, 9.17) is 4.74 Å². The lowest BCUT2D eigenvalue weighted by molar-refractivity contribution is -0.128. The average molecular weight is 374 g/mol. The Hall–Kier alpha value is -2.37. The van der Waals surface area contributed by atoms with Crippen LogP contribution in [-0.4, -0.2) is 31.4 Å². The highest BCUT2D eigenvalue weighted by Gasteiger charge is 2.29. The van der Waals surface area contributed by atoms with E-state index in [2.05, 4.69) is 17.6 Å². The highest BCUT2D eigenvalue weighted by molar-refractivity contribution is 5.95. The van der Waals surface area contributed by atoms with Crippen LogP contribution in [0.3, 0.4) is 0 Å². The molecule has 2 amide bonds.